The molecule has 0 atom stereocenters. The minimum atomic E-state index is -0.348. The minimum absolute atomic E-state index is 0.0177. The van der Waals surface area contributed by atoms with E-state index in [-0.39, 0.29) is 24.2 Å². The molecule has 17 heavy (non-hydrogen) atoms. The van der Waals surface area contributed by atoms with Crippen molar-refractivity contribution in [3.63, 3.8) is 0 Å². The third-order valence-electron chi connectivity index (χ3n) is 2.12. The largest absolute Gasteiger partial charge is 0.396 e. The molecule has 0 aromatic rings. The molecule has 0 aliphatic carbocycles. The van der Waals surface area contributed by atoms with Gasteiger partial charge in [0, 0.05) is 25.3 Å². The van der Waals surface area contributed by atoms with Gasteiger partial charge in [0.05, 0.1) is 5.75 Å². The lowest BCUT2D eigenvalue weighted by atomic mass is 10.2. The van der Waals surface area contributed by atoms with E-state index in [2.05, 4.69) is 5.32 Å². The van der Waals surface area contributed by atoms with Crippen LogP contribution in [0.1, 0.15) is 32.1 Å². The number of nitrogens with two attached hydrogens (primary N) is 1. The van der Waals surface area contributed by atoms with E-state index < -0.39 is 0 Å². The Morgan fingerprint density at radius 2 is 1.88 bits per heavy atom. The topological polar surface area (TPSA) is 92.4 Å². The lowest BCUT2D eigenvalue weighted by molar-refractivity contribution is -0.120. The van der Waals surface area contributed by atoms with Gasteiger partial charge in [-0.15, -0.1) is 0 Å². The van der Waals surface area contributed by atoms with Crippen LogP contribution in [0.3, 0.4) is 0 Å². The Balaban J connectivity index is 3.20. The maximum atomic E-state index is 11.3. The third-order valence-corrected chi connectivity index (χ3v) is 3.11. The van der Waals surface area contributed by atoms with E-state index in [0.717, 1.165) is 25.7 Å². The van der Waals surface area contributed by atoms with Crippen molar-refractivity contribution >= 4 is 23.6 Å². The average molecular weight is 262 g/mol. The number of nitrogens with one attached hydrogen (secondary N) is 1. The average Bonchev–Trinajstić information content (AvgIpc) is 2.29. The highest BCUT2D eigenvalue weighted by atomic mass is 32.2. The van der Waals surface area contributed by atoms with E-state index in [1.165, 1.54) is 11.8 Å². The molecule has 2 amide bonds. The molecule has 6 heteroatoms. The SMILES string of the molecule is NC(=O)CSCCC(=O)NCCCCCCO. The quantitative estimate of drug-likeness (QED) is 0.466. The van der Waals surface area contributed by atoms with Gasteiger partial charge in [0.15, 0.2) is 0 Å². The number of amides is 2. The second-order valence-electron chi connectivity index (χ2n) is 3.76. The van der Waals surface area contributed by atoms with Crippen molar-refractivity contribution in [3.8, 4) is 0 Å². The predicted octanol–water partition coefficient (Wildman–Crippen LogP) is 0.264. The van der Waals surface area contributed by atoms with Crippen molar-refractivity contribution in [1.82, 2.24) is 5.32 Å². The number of thioether (sulfide) groups is 1. The lowest BCUT2D eigenvalue weighted by Gasteiger charge is -2.04. The summed E-state index contributed by atoms with van der Waals surface area (Å²) < 4.78 is 0. The Kier molecular flexibility index (Phi) is 11.2. The molecule has 100 valence electrons. The van der Waals surface area contributed by atoms with Gasteiger partial charge in [-0.2, -0.15) is 11.8 Å². The summed E-state index contributed by atoms with van der Waals surface area (Å²) in [4.78, 5) is 21.7. The summed E-state index contributed by atoms with van der Waals surface area (Å²) in [5.74, 6) is 0.566. The fourth-order valence-corrected chi connectivity index (χ4v) is 1.92. The van der Waals surface area contributed by atoms with Crippen LogP contribution in [-0.2, 0) is 9.59 Å². The normalized spacial score (nSPS) is 10.2. The van der Waals surface area contributed by atoms with Crippen molar-refractivity contribution in [2.75, 3.05) is 24.7 Å². The molecule has 0 aromatic heterocycles. The Morgan fingerprint density at radius 3 is 2.53 bits per heavy atom. The number of hydrogen-bond donors (Lipinski definition) is 3. The maximum Gasteiger partial charge on any atom is 0.227 e. The van der Waals surface area contributed by atoms with Crippen molar-refractivity contribution < 1.29 is 14.7 Å². The number of rotatable bonds is 11. The van der Waals surface area contributed by atoms with Gasteiger partial charge >= 0.3 is 0 Å². The summed E-state index contributed by atoms with van der Waals surface area (Å²) in [5.41, 5.74) is 4.97. The van der Waals surface area contributed by atoms with Gasteiger partial charge in [-0.1, -0.05) is 12.8 Å². The van der Waals surface area contributed by atoms with Gasteiger partial charge in [0.1, 0.15) is 0 Å². The summed E-state index contributed by atoms with van der Waals surface area (Å²) in [6.07, 6.45) is 4.23. The smallest absolute Gasteiger partial charge is 0.227 e. The molecule has 0 saturated carbocycles. The van der Waals surface area contributed by atoms with Crippen LogP contribution in [0.25, 0.3) is 0 Å². The van der Waals surface area contributed by atoms with Gasteiger partial charge < -0.3 is 16.2 Å². The number of primary amides is 1. The van der Waals surface area contributed by atoms with Gasteiger partial charge in [0.25, 0.3) is 0 Å². The Labute approximate surface area is 107 Å². The van der Waals surface area contributed by atoms with E-state index in [1.54, 1.807) is 0 Å². The zero-order valence-electron chi connectivity index (χ0n) is 10.1. The van der Waals surface area contributed by atoms with Gasteiger partial charge in [0.2, 0.25) is 11.8 Å². The molecule has 4 N–H and O–H groups in total. The Morgan fingerprint density at radius 1 is 1.18 bits per heavy atom. The molecule has 0 rings (SSSR count). The number of carbonyl (C=O) groups excluding carboxylic acids is 2. The van der Waals surface area contributed by atoms with E-state index in [4.69, 9.17) is 10.8 Å². The molecule has 0 aliphatic heterocycles. The van der Waals surface area contributed by atoms with Crippen LogP contribution in [-0.4, -0.2) is 41.6 Å². The van der Waals surface area contributed by atoms with Crippen LogP contribution in [0.5, 0.6) is 0 Å². The number of aliphatic hydroxyl groups is 1. The van der Waals surface area contributed by atoms with Crippen molar-refractivity contribution in [3.05, 3.63) is 0 Å². The third kappa shape index (κ3) is 13.2. The molecule has 0 fully saturated rings. The summed E-state index contributed by atoms with van der Waals surface area (Å²) in [7, 11) is 0. The first-order valence-electron chi connectivity index (χ1n) is 5.90. The summed E-state index contributed by atoms with van der Waals surface area (Å²) in [6.45, 7) is 0.925. The van der Waals surface area contributed by atoms with Crippen molar-refractivity contribution in [1.29, 1.82) is 0 Å². The summed E-state index contributed by atoms with van der Waals surface area (Å²) >= 11 is 1.38. The summed E-state index contributed by atoms with van der Waals surface area (Å²) in [6, 6.07) is 0. The highest BCUT2D eigenvalue weighted by molar-refractivity contribution is 7.99. The molecular formula is C11H22N2O3S. The van der Waals surface area contributed by atoms with Crippen molar-refractivity contribution in [2.24, 2.45) is 5.73 Å². The number of carbonyl (C=O) groups is 2. The van der Waals surface area contributed by atoms with Gasteiger partial charge in [-0.3, -0.25) is 9.59 Å². The van der Waals surface area contributed by atoms with E-state index >= 15 is 0 Å². The molecule has 0 heterocycles. The summed E-state index contributed by atoms with van der Waals surface area (Å²) in [5, 5.41) is 11.4. The van der Waals surface area contributed by atoms with E-state index in [9.17, 15) is 9.59 Å². The predicted molar refractivity (Wildman–Crippen MR) is 69.7 cm³/mol. The van der Waals surface area contributed by atoms with Crippen LogP contribution in [0.2, 0.25) is 0 Å². The van der Waals surface area contributed by atoms with Crippen molar-refractivity contribution in [2.45, 2.75) is 32.1 Å². The number of aliphatic hydroxyl groups excluding tert-OH is 1. The zero-order chi connectivity index (χ0) is 12.9. The molecule has 0 aromatic carbocycles. The van der Waals surface area contributed by atoms with Crippen LogP contribution in [0.15, 0.2) is 0 Å². The molecule has 0 saturated heterocycles. The fraction of sp³-hybridized carbons (Fsp3) is 0.818. The minimum Gasteiger partial charge on any atom is -0.396 e. The van der Waals surface area contributed by atoms with E-state index in [0.29, 0.717) is 18.7 Å². The van der Waals surface area contributed by atoms with Crippen LogP contribution < -0.4 is 11.1 Å². The molecule has 0 bridgehead atoms. The highest BCUT2D eigenvalue weighted by Crippen LogP contribution is 2.01. The molecular weight excluding hydrogens is 240 g/mol. The molecule has 5 nitrogen and oxygen atoms in total. The molecule has 0 aliphatic rings. The van der Waals surface area contributed by atoms with Gasteiger partial charge in [-0.05, 0) is 12.8 Å². The maximum absolute atomic E-state index is 11.3. The second-order valence-corrected chi connectivity index (χ2v) is 4.86. The van der Waals surface area contributed by atoms with Gasteiger partial charge in [-0.25, -0.2) is 0 Å². The van der Waals surface area contributed by atoms with Crippen LogP contribution in [0, 0.1) is 0 Å². The second kappa shape index (κ2) is 11.7. The zero-order valence-corrected chi connectivity index (χ0v) is 10.9. The number of hydrogen-bond acceptors (Lipinski definition) is 4. The highest BCUT2D eigenvalue weighted by Gasteiger charge is 2.01. The first-order chi connectivity index (χ1) is 8.16. The van der Waals surface area contributed by atoms with Crippen LogP contribution in [0.4, 0.5) is 0 Å². The first-order valence-corrected chi connectivity index (χ1v) is 7.06. The monoisotopic (exact) mass is 262 g/mol. The standard InChI is InChI=1S/C11H22N2O3S/c12-10(15)9-17-8-5-11(16)13-6-3-1-2-4-7-14/h14H,1-9H2,(H2,12,15)(H,13,16). The Bertz CT molecular complexity index is 225. The molecule has 0 spiro atoms. The van der Waals surface area contributed by atoms with Crippen LogP contribution >= 0.6 is 11.8 Å². The fourth-order valence-electron chi connectivity index (χ4n) is 1.24. The van der Waals surface area contributed by atoms with E-state index in [1.807, 2.05) is 0 Å². The first kappa shape index (κ1) is 16.2. The molecule has 0 radical (unpaired) electrons. The number of unbranched alkanes of at least 4 members (excludes halogenated alkanes) is 3. The lowest BCUT2D eigenvalue weighted by Crippen LogP contribution is -2.25. The molecule has 0 unspecified atom stereocenters. The Hall–Kier alpha value is -0.750.